The minimum atomic E-state index is -1.18. The maximum absolute atomic E-state index is 10.8. The first-order valence-corrected chi connectivity index (χ1v) is 4.57. The van der Waals surface area contributed by atoms with E-state index in [9.17, 15) is 14.9 Å². The minimum Gasteiger partial charge on any atom is -0.477 e. The third-order valence-corrected chi connectivity index (χ3v) is 2.44. The molecule has 16 heavy (non-hydrogen) atoms. The van der Waals surface area contributed by atoms with Crippen molar-refractivity contribution < 1.29 is 14.8 Å². The Morgan fingerprint density at radius 1 is 1.50 bits per heavy atom. The molecule has 0 aliphatic carbocycles. The Hall–Kier alpha value is -2.08. The first-order valence-electron chi connectivity index (χ1n) is 4.19. The van der Waals surface area contributed by atoms with Crippen LogP contribution in [-0.4, -0.2) is 21.0 Å². The number of nitro benzene ring substituents is 1. The van der Waals surface area contributed by atoms with Crippen LogP contribution in [-0.2, 0) is 0 Å². The number of aromatic amines is 1. The Morgan fingerprint density at radius 3 is 2.75 bits per heavy atom. The summed E-state index contributed by atoms with van der Waals surface area (Å²) >= 11 is 5.68. The molecule has 0 saturated carbocycles. The van der Waals surface area contributed by atoms with Crippen molar-refractivity contribution in [2.75, 3.05) is 0 Å². The Balaban J connectivity index is 2.82. The Kier molecular flexibility index (Phi) is 2.28. The van der Waals surface area contributed by atoms with E-state index >= 15 is 0 Å². The van der Waals surface area contributed by atoms with Crippen LogP contribution in [0, 0.1) is 10.1 Å². The van der Waals surface area contributed by atoms with E-state index in [1.165, 1.54) is 18.2 Å². The Labute approximate surface area is 93.6 Å². The number of aromatic nitrogens is 1. The second-order valence-corrected chi connectivity index (χ2v) is 3.51. The fourth-order valence-electron chi connectivity index (χ4n) is 1.45. The number of nitrogens with one attached hydrogen (secondary N) is 1. The number of carboxylic acid groups (broad SMARTS) is 1. The van der Waals surface area contributed by atoms with E-state index in [0.29, 0.717) is 5.39 Å². The maximum atomic E-state index is 10.8. The van der Waals surface area contributed by atoms with Gasteiger partial charge in [0.1, 0.15) is 16.2 Å². The zero-order valence-electron chi connectivity index (χ0n) is 7.73. The van der Waals surface area contributed by atoms with Crippen molar-refractivity contribution in [2.24, 2.45) is 0 Å². The van der Waals surface area contributed by atoms with Crippen molar-refractivity contribution in [2.45, 2.75) is 0 Å². The Bertz CT molecular complexity index is 605. The van der Waals surface area contributed by atoms with Gasteiger partial charge >= 0.3 is 11.7 Å². The first kappa shape index (κ1) is 10.4. The number of hydrogen-bond donors (Lipinski definition) is 2. The highest BCUT2D eigenvalue weighted by atomic mass is 35.5. The average molecular weight is 241 g/mol. The maximum Gasteiger partial charge on any atom is 0.352 e. The number of carboxylic acids is 1. The van der Waals surface area contributed by atoms with E-state index in [1.54, 1.807) is 0 Å². The highest BCUT2D eigenvalue weighted by Gasteiger charge is 2.20. The molecular weight excluding hydrogens is 236 g/mol. The molecule has 0 radical (unpaired) electrons. The molecule has 0 aliphatic heterocycles. The lowest BCUT2D eigenvalue weighted by molar-refractivity contribution is -0.383. The smallest absolute Gasteiger partial charge is 0.352 e. The predicted molar refractivity (Wildman–Crippen MR) is 56.9 cm³/mol. The highest BCUT2D eigenvalue weighted by molar-refractivity contribution is 6.34. The lowest BCUT2D eigenvalue weighted by atomic mass is 10.2. The van der Waals surface area contributed by atoms with Gasteiger partial charge in [-0.15, -0.1) is 0 Å². The van der Waals surface area contributed by atoms with E-state index in [1.807, 2.05) is 0 Å². The Morgan fingerprint density at radius 2 is 2.19 bits per heavy atom. The number of nitro groups is 1. The number of fused-ring (bicyclic) bond motifs is 1. The molecule has 82 valence electrons. The van der Waals surface area contributed by atoms with E-state index in [0.717, 1.165) is 0 Å². The van der Waals surface area contributed by atoms with Crippen molar-refractivity contribution in [1.29, 1.82) is 0 Å². The molecule has 2 N–H and O–H groups in total. The van der Waals surface area contributed by atoms with Crippen LogP contribution in [0.25, 0.3) is 10.9 Å². The first-order chi connectivity index (χ1) is 7.50. The van der Waals surface area contributed by atoms with E-state index in [-0.39, 0.29) is 21.9 Å². The summed E-state index contributed by atoms with van der Waals surface area (Å²) in [7, 11) is 0. The molecule has 0 aliphatic rings. The van der Waals surface area contributed by atoms with Crippen LogP contribution in [0.15, 0.2) is 18.2 Å². The zero-order valence-corrected chi connectivity index (χ0v) is 8.49. The van der Waals surface area contributed by atoms with Gasteiger partial charge in [-0.1, -0.05) is 17.7 Å². The number of H-pyrrole nitrogens is 1. The van der Waals surface area contributed by atoms with Crippen molar-refractivity contribution in [3.8, 4) is 0 Å². The molecule has 0 fully saturated rings. The van der Waals surface area contributed by atoms with E-state index < -0.39 is 10.9 Å². The SMILES string of the molecule is O=C(O)c1cc2ccc(Cl)c([N+](=O)[O-])c2[nH]1. The van der Waals surface area contributed by atoms with Gasteiger partial charge < -0.3 is 10.1 Å². The molecule has 2 aromatic rings. The van der Waals surface area contributed by atoms with E-state index in [4.69, 9.17) is 16.7 Å². The second-order valence-electron chi connectivity index (χ2n) is 3.11. The van der Waals surface area contributed by atoms with Crippen LogP contribution in [0.5, 0.6) is 0 Å². The van der Waals surface area contributed by atoms with Gasteiger partial charge in [0.25, 0.3) is 0 Å². The summed E-state index contributed by atoms with van der Waals surface area (Å²) < 4.78 is 0. The lowest BCUT2D eigenvalue weighted by Gasteiger charge is -1.95. The number of halogens is 1. The van der Waals surface area contributed by atoms with Crippen molar-refractivity contribution in [1.82, 2.24) is 4.98 Å². The molecule has 6 nitrogen and oxygen atoms in total. The number of aromatic carboxylic acids is 1. The van der Waals surface area contributed by atoms with E-state index in [2.05, 4.69) is 4.98 Å². The number of benzene rings is 1. The summed E-state index contributed by atoms with van der Waals surface area (Å²) in [6.07, 6.45) is 0. The third kappa shape index (κ3) is 1.49. The topological polar surface area (TPSA) is 96.2 Å². The highest BCUT2D eigenvalue weighted by Crippen LogP contribution is 2.32. The van der Waals surface area contributed by atoms with Gasteiger partial charge in [-0.2, -0.15) is 0 Å². The predicted octanol–water partition coefficient (Wildman–Crippen LogP) is 2.43. The number of nitrogens with zero attached hydrogens (tertiary/aromatic N) is 1. The van der Waals surface area contributed by atoms with Crippen LogP contribution in [0.3, 0.4) is 0 Å². The fraction of sp³-hybridized carbons (Fsp3) is 0. The van der Waals surface area contributed by atoms with Crippen LogP contribution < -0.4 is 0 Å². The summed E-state index contributed by atoms with van der Waals surface area (Å²) in [4.78, 5) is 23.3. The number of hydrogen-bond acceptors (Lipinski definition) is 3. The number of carbonyl (C=O) groups is 1. The molecule has 0 saturated heterocycles. The zero-order chi connectivity index (χ0) is 11.9. The van der Waals surface area contributed by atoms with Gasteiger partial charge in [0.2, 0.25) is 0 Å². The third-order valence-electron chi connectivity index (χ3n) is 2.13. The molecule has 2 rings (SSSR count). The molecule has 7 heteroatoms. The van der Waals surface area contributed by atoms with Gasteiger partial charge in [0, 0.05) is 5.39 Å². The van der Waals surface area contributed by atoms with Gasteiger partial charge in [-0.05, 0) is 12.1 Å². The van der Waals surface area contributed by atoms with Gasteiger partial charge in [-0.3, -0.25) is 10.1 Å². The van der Waals surface area contributed by atoms with Gasteiger partial charge in [0.05, 0.1) is 4.92 Å². The van der Waals surface area contributed by atoms with Crippen LogP contribution in [0.2, 0.25) is 5.02 Å². The summed E-state index contributed by atoms with van der Waals surface area (Å²) in [5.74, 6) is -1.18. The monoisotopic (exact) mass is 240 g/mol. The number of rotatable bonds is 2. The second kappa shape index (κ2) is 3.49. The van der Waals surface area contributed by atoms with Crippen molar-refractivity contribution in [3.63, 3.8) is 0 Å². The molecule has 0 spiro atoms. The average Bonchev–Trinajstić information content (AvgIpc) is 2.60. The summed E-state index contributed by atoms with van der Waals surface area (Å²) in [6.45, 7) is 0. The van der Waals surface area contributed by atoms with Crippen molar-refractivity contribution >= 4 is 34.2 Å². The molecule has 0 atom stereocenters. The van der Waals surface area contributed by atoms with Crippen molar-refractivity contribution in [3.05, 3.63) is 39.0 Å². The molecule has 0 unspecified atom stereocenters. The van der Waals surface area contributed by atoms with Gasteiger partial charge in [0.15, 0.2) is 0 Å². The fourth-order valence-corrected chi connectivity index (χ4v) is 1.68. The largest absolute Gasteiger partial charge is 0.477 e. The summed E-state index contributed by atoms with van der Waals surface area (Å²) in [5, 5.41) is 19.9. The summed E-state index contributed by atoms with van der Waals surface area (Å²) in [6, 6.07) is 4.20. The standard InChI is InChI=1S/C9H5ClN2O4/c10-5-2-1-4-3-6(9(13)14)11-7(4)8(5)12(15)16/h1-3,11H,(H,13,14). The molecular formula is C9H5ClN2O4. The lowest BCUT2D eigenvalue weighted by Crippen LogP contribution is -1.95. The normalized spacial score (nSPS) is 10.6. The molecule has 0 bridgehead atoms. The molecule has 1 aromatic carbocycles. The van der Waals surface area contributed by atoms with Crippen LogP contribution in [0.4, 0.5) is 5.69 Å². The van der Waals surface area contributed by atoms with Crippen LogP contribution >= 0.6 is 11.6 Å². The van der Waals surface area contributed by atoms with Crippen LogP contribution in [0.1, 0.15) is 10.5 Å². The summed E-state index contributed by atoms with van der Waals surface area (Å²) in [5.41, 5.74) is -0.304. The minimum absolute atomic E-state index is 0.0312. The molecule has 1 heterocycles. The van der Waals surface area contributed by atoms with Gasteiger partial charge in [-0.25, -0.2) is 4.79 Å². The molecule has 1 aromatic heterocycles. The molecule has 0 amide bonds. The quantitative estimate of drug-likeness (QED) is 0.622.